The number of benzene rings is 2. The largest absolute Gasteiger partial charge is 0.416 e. The molecule has 2 aliphatic rings. The third-order valence-electron chi connectivity index (χ3n) is 7.45. The summed E-state index contributed by atoms with van der Waals surface area (Å²) in [6, 6.07) is 15.1. The molecule has 1 heterocycles. The molecule has 2 aromatic carbocycles. The number of nitrogens with zero attached hydrogens (tertiary/aromatic N) is 2. The molecule has 2 amide bonds. The third-order valence-corrected chi connectivity index (χ3v) is 7.45. The molecule has 4 rings (SSSR count). The Kier molecular flexibility index (Phi) is 7.29. The molecule has 0 aromatic heterocycles. The highest BCUT2D eigenvalue weighted by Crippen LogP contribution is 2.35. The Balaban J connectivity index is 1.26. The molecule has 7 heteroatoms. The number of halogens is 3. The monoisotopic (exact) mass is 472 g/mol. The van der Waals surface area contributed by atoms with Gasteiger partial charge in [0.15, 0.2) is 0 Å². The van der Waals surface area contributed by atoms with Crippen LogP contribution in [0.15, 0.2) is 54.6 Å². The average Bonchev–Trinajstić information content (AvgIpc) is 2.87. The first-order valence-electron chi connectivity index (χ1n) is 12.0. The van der Waals surface area contributed by atoms with E-state index in [1.807, 2.05) is 18.0 Å². The van der Waals surface area contributed by atoms with Crippen LogP contribution in [0.4, 0.5) is 13.2 Å². The predicted molar refractivity (Wildman–Crippen MR) is 124 cm³/mol. The number of hydrogen-bond acceptors (Lipinski definition) is 2. The first kappa shape index (κ1) is 24.3. The molecule has 0 atom stereocenters. The maximum atomic E-state index is 13.1. The van der Waals surface area contributed by atoms with E-state index in [9.17, 15) is 22.8 Å². The van der Waals surface area contributed by atoms with Crippen LogP contribution < -0.4 is 0 Å². The highest BCUT2D eigenvalue weighted by molar-refractivity contribution is 5.94. The van der Waals surface area contributed by atoms with Crippen molar-refractivity contribution in [3.05, 3.63) is 71.3 Å². The fourth-order valence-corrected chi connectivity index (χ4v) is 5.30. The molecule has 0 unspecified atom stereocenters. The predicted octanol–water partition coefficient (Wildman–Crippen LogP) is 5.74. The fraction of sp³-hybridized carbons (Fsp3) is 0.481. The van der Waals surface area contributed by atoms with E-state index in [0.29, 0.717) is 31.8 Å². The number of carbonyl (C=O) groups is 2. The SMILES string of the molecule is CN(C(=O)C1CCN(C(=O)c2ccc(C(F)(F)F)cc2)CC1)C1CCC(c2ccccc2)CC1. The maximum Gasteiger partial charge on any atom is 0.416 e. The number of rotatable bonds is 4. The quantitative estimate of drug-likeness (QED) is 0.569. The van der Waals surface area contributed by atoms with Crippen LogP contribution in [0.3, 0.4) is 0 Å². The summed E-state index contributed by atoms with van der Waals surface area (Å²) in [5.41, 5.74) is 0.847. The van der Waals surface area contributed by atoms with Crippen molar-refractivity contribution < 1.29 is 22.8 Å². The Morgan fingerprint density at radius 3 is 2.00 bits per heavy atom. The Labute approximate surface area is 198 Å². The zero-order valence-corrected chi connectivity index (χ0v) is 19.4. The Morgan fingerprint density at radius 2 is 1.44 bits per heavy atom. The van der Waals surface area contributed by atoms with Crippen molar-refractivity contribution >= 4 is 11.8 Å². The lowest BCUT2D eigenvalue weighted by atomic mass is 9.81. The van der Waals surface area contributed by atoms with E-state index in [1.54, 1.807) is 4.90 Å². The van der Waals surface area contributed by atoms with Gasteiger partial charge in [0.05, 0.1) is 5.56 Å². The van der Waals surface area contributed by atoms with E-state index in [0.717, 1.165) is 37.8 Å². The number of amides is 2. The molecule has 0 spiro atoms. The van der Waals surface area contributed by atoms with Gasteiger partial charge in [0.2, 0.25) is 5.91 Å². The van der Waals surface area contributed by atoms with Crippen LogP contribution in [0.1, 0.15) is 65.9 Å². The summed E-state index contributed by atoms with van der Waals surface area (Å²) in [5, 5.41) is 0. The van der Waals surface area contributed by atoms with Crippen LogP contribution in [0, 0.1) is 5.92 Å². The van der Waals surface area contributed by atoms with Crippen LogP contribution in [-0.2, 0) is 11.0 Å². The van der Waals surface area contributed by atoms with Crippen LogP contribution >= 0.6 is 0 Å². The van der Waals surface area contributed by atoms with Gasteiger partial charge in [-0.2, -0.15) is 13.2 Å². The van der Waals surface area contributed by atoms with E-state index < -0.39 is 11.7 Å². The molecule has 34 heavy (non-hydrogen) atoms. The molecule has 2 aromatic rings. The minimum Gasteiger partial charge on any atom is -0.343 e. The number of alkyl halides is 3. The molecular weight excluding hydrogens is 441 g/mol. The first-order valence-corrected chi connectivity index (χ1v) is 12.0. The minimum atomic E-state index is -4.42. The molecule has 0 N–H and O–H groups in total. The number of piperidine rings is 1. The summed E-state index contributed by atoms with van der Waals surface area (Å²) in [6.07, 6.45) is 0.871. The molecule has 0 radical (unpaired) electrons. The zero-order chi connectivity index (χ0) is 24.3. The van der Waals surface area contributed by atoms with E-state index >= 15 is 0 Å². The Morgan fingerprint density at radius 1 is 0.853 bits per heavy atom. The lowest BCUT2D eigenvalue weighted by Crippen LogP contribution is -2.46. The van der Waals surface area contributed by atoms with Crippen molar-refractivity contribution in [1.82, 2.24) is 9.80 Å². The second kappa shape index (κ2) is 10.2. The normalized spacial score (nSPS) is 21.8. The van der Waals surface area contributed by atoms with Gasteiger partial charge in [-0.25, -0.2) is 0 Å². The molecule has 1 aliphatic heterocycles. The van der Waals surface area contributed by atoms with Gasteiger partial charge in [0, 0.05) is 37.7 Å². The van der Waals surface area contributed by atoms with Gasteiger partial charge in [0.1, 0.15) is 0 Å². The van der Waals surface area contributed by atoms with Crippen molar-refractivity contribution in [3.8, 4) is 0 Å². The highest BCUT2D eigenvalue weighted by atomic mass is 19.4. The molecule has 1 aliphatic carbocycles. The van der Waals surface area contributed by atoms with Crippen molar-refractivity contribution in [2.45, 2.75) is 56.7 Å². The van der Waals surface area contributed by atoms with Gasteiger partial charge in [-0.15, -0.1) is 0 Å². The summed E-state index contributed by atoms with van der Waals surface area (Å²) in [7, 11) is 1.90. The maximum absolute atomic E-state index is 13.1. The van der Waals surface area contributed by atoms with Gasteiger partial charge in [-0.05, 0) is 74.3 Å². The molecule has 0 bridgehead atoms. The summed E-state index contributed by atoms with van der Waals surface area (Å²) in [5.74, 6) is 0.297. The first-order chi connectivity index (χ1) is 16.2. The van der Waals surface area contributed by atoms with Gasteiger partial charge >= 0.3 is 6.18 Å². The van der Waals surface area contributed by atoms with E-state index in [2.05, 4.69) is 24.3 Å². The van der Waals surface area contributed by atoms with Crippen LogP contribution in [0.5, 0.6) is 0 Å². The van der Waals surface area contributed by atoms with Crippen molar-refractivity contribution in [2.75, 3.05) is 20.1 Å². The summed E-state index contributed by atoms with van der Waals surface area (Å²) < 4.78 is 38.3. The van der Waals surface area contributed by atoms with E-state index in [1.165, 1.54) is 17.7 Å². The molecule has 1 saturated heterocycles. The molecule has 4 nitrogen and oxygen atoms in total. The molecule has 1 saturated carbocycles. The lowest BCUT2D eigenvalue weighted by Gasteiger charge is -2.38. The Hall–Kier alpha value is -2.83. The average molecular weight is 473 g/mol. The van der Waals surface area contributed by atoms with Crippen molar-refractivity contribution in [1.29, 1.82) is 0 Å². The Bertz CT molecular complexity index is 975. The third kappa shape index (κ3) is 5.45. The van der Waals surface area contributed by atoms with Crippen molar-refractivity contribution in [2.24, 2.45) is 5.92 Å². The summed E-state index contributed by atoms with van der Waals surface area (Å²) >= 11 is 0. The van der Waals surface area contributed by atoms with Gasteiger partial charge in [-0.3, -0.25) is 9.59 Å². The van der Waals surface area contributed by atoms with Gasteiger partial charge < -0.3 is 9.80 Å². The minimum absolute atomic E-state index is 0.117. The summed E-state index contributed by atoms with van der Waals surface area (Å²) in [6.45, 7) is 0.871. The molecule has 182 valence electrons. The highest BCUT2D eigenvalue weighted by Gasteiger charge is 2.34. The standard InChI is InChI=1S/C27H31F3N2O2/c1-31(24-13-9-20(10-14-24)19-5-3-2-4-6-19)25(33)22-15-17-32(18-16-22)26(34)21-7-11-23(12-8-21)27(28,29)30/h2-8,11-12,20,22,24H,9-10,13-18H2,1H3. The van der Waals surface area contributed by atoms with Crippen LogP contribution in [-0.4, -0.2) is 47.8 Å². The fourth-order valence-electron chi connectivity index (χ4n) is 5.30. The topological polar surface area (TPSA) is 40.6 Å². The second-order valence-electron chi connectivity index (χ2n) is 9.51. The van der Waals surface area contributed by atoms with Crippen LogP contribution in [0.25, 0.3) is 0 Å². The molecule has 2 fully saturated rings. The smallest absolute Gasteiger partial charge is 0.343 e. The lowest BCUT2D eigenvalue weighted by molar-refractivity contribution is -0.138. The second-order valence-corrected chi connectivity index (χ2v) is 9.51. The van der Waals surface area contributed by atoms with E-state index in [4.69, 9.17) is 0 Å². The molecular formula is C27H31F3N2O2. The van der Waals surface area contributed by atoms with Crippen molar-refractivity contribution in [3.63, 3.8) is 0 Å². The summed E-state index contributed by atoms with van der Waals surface area (Å²) in [4.78, 5) is 29.4. The number of hydrogen-bond donors (Lipinski definition) is 0. The zero-order valence-electron chi connectivity index (χ0n) is 19.4. The van der Waals surface area contributed by atoms with Gasteiger partial charge in [-0.1, -0.05) is 30.3 Å². The van der Waals surface area contributed by atoms with Crippen LogP contribution in [0.2, 0.25) is 0 Å². The van der Waals surface area contributed by atoms with E-state index in [-0.39, 0.29) is 29.3 Å². The van der Waals surface area contributed by atoms with Gasteiger partial charge in [0.25, 0.3) is 5.91 Å². The number of likely N-dealkylation sites (tertiary alicyclic amines) is 1. The number of carbonyl (C=O) groups excluding carboxylic acids is 2.